The van der Waals surface area contributed by atoms with Crippen LogP contribution in [-0.2, 0) is 4.79 Å². The number of hydrogen-bond acceptors (Lipinski definition) is 5. The van der Waals surface area contributed by atoms with E-state index in [1.54, 1.807) is 30.5 Å². The molecule has 0 fully saturated rings. The van der Waals surface area contributed by atoms with Crippen molar-refractivity contribution in [1.82, 2.24) is 4.98 Å². The zero-order chi connectivity index (χ0) is 16.2. The van der Waals surface area contributed by atoms with Crippen molar-refractivity contribution >= 4 is 12.2 Å². The first-order valence-electron chi connectivity index (χ1n) is 7.12. The smallest absolute Gasteiger partial charge is 0.298 e. The first kappa shape index (κ1) is 14.8. The third-order valence-electron chi connectivity index (χ3n) is 3.46. The van der Waals surface area contributed by atoms with Crippen LogP contribution in [0.15, 0.2) is 59.1 Å². The van der Waals surface area contributed by atoms with Crippen molar-refractivity contribution in [3.63, 3.8) is 0 Å². The van der Waals surface area contributed by atoms with Crippen molar-refractivity contribution in [1.29, 1.82) is 0 Å². The first-order chi connectivity index (χ1) is 11.2. The number of rotatable bonds is 5. The zero-order valence-electron chi connectivity index (χ0n) is 12.9. The highest BCUT2D eigenvalue weighted by Gasteiger charge is 2.09. The summed E-state index contributed by atoms with van der Waals surface area (Å²) >= 11 is 0. The van der Waals surface area contributed by atoms with Crippen molar-refractivity contribution in [2.24, 2.45) is 0 Å². The molecule has 3 rings (SSSR count). The van der Waals surface area contributed by atoms with E-state index in [9.17, 15) is 4.79 Å². The number of benzene rings is 2. The van der Waals surface area contributed by atoms with Crippen LogP contribution < -0.4 is 9.64 Å². The molecule has 2 aromatic carbocycles. The molecule has 0 N–H and O–H groups in total. The molecule has 0 saturated heterocycles. The van der Waals surface area contributed by atoms with Crippen LogP contribution >= 0.6 is 0 Å². The maximum absolute atomic E-state index is 10.3. The summed E-state index contributed by atoms with van der Waals surface area (Å²) < 4.78 is 10.6. The van der Waals surface area contributed by atoms with Gasteiger partial charge in [0.2, 0.25) is 5.89 Å². The number of carbonyl (C=O) groups is 1. The predicted octanol–water partition coefficient (Wildman–Crippen LogP) is 3.61. The average molecular weight is 308 g/mol. The summed E-state index contributed by atoms with van der Waals surface area (Å²) in [5.74, 6) is 1.71. The summed E-state index contributed by atoms with van der Waals surface area (Å²) in [5.41, 5.74) is 2.91. The quantitative estimate of drug-likeness (QED) is 0.674. The molecule has 0 atom stereocenters. The fraction of sp³-hybridized carbons (Fsp3) is 0.111. The summed E-state index contributed by atoms with van der Waals surface area (Å²) in [4.78, 5) is 16.6. The van der Waals surface area contributed by atoms with Gasteiger partial charge in [-0.15, -0.1) is 0 Å². The fourth-order valence-corrected chi connectivity index (χ4v) is 2.20. The SMILES string of the molecule is CN(C)c1ccc(-c2cnc(-c3ccc(OC=O)cc3)o2)cc1. The van der Waals surface area contributed by atoms with Crippen LogP contribution in [0.25, 0.3) is 22.8 Å². The number of aromatic nitrogens is 1. The zero-order valence-corrected chi connectivity index (χ0v) is 12.9. The molecule has 1 aromatic heterocycles. The van der Waals surface area contributed by atoms with Crippen LogP contribution in [-0.4, -0.2) is 25.6 Å². The molecule has 5 nitrogen and oxygen atoms in total. The van der Waals surface area contributed by atoms with Crippen molar-refractivity contribution in [3.05, 3.63) is 54.7 Å². The molecule has 0 aliphatic heterocycles. The second-order valence-electron chi connectivity index (χ2n) is 5.21. The Balaban J connectivity index is 1.83. The third kappa shape index (κ3) is 3.23. The van der Waals surface area contributed by atoms with E-state index in [0.717, 1.165) is 16.8 Å². The molecule has 0 amide bonds. The van der Waals surface area contributed by atoms with Gasteiger partial charge in [-0.2, -0.15) is 0 Å². The van der Waals surface area contributed by atoms with E-state index < -0.39 is 0 Å². The lowest BCUT2D eigenvalue weighted by atomic mass is 10.1. The van der Waals surface area contributed by atoms with Crippen LogP contribution in [0.1, 0.15) is 0 Å². The Morgan fingerprint density at radius 1 is 1.00 bits per heavy atom. The standard InChI is InChI=1S/C18H16N2O3/c1-20(2)15-7-3-13(4-8-15)17-11-19-18(23-17)14-5-9-16(10-6-14)22-12-21/h3-12H,1-2H3. The van der Waals surface area contributed by atoms with E-state index in [4.69, 9.17) is 9.15 Å². The molecule has 23 heavy (non-hydrogen) atoms. The van der Waals surface area contributed by atoms with E-state index in [-0.39, 0.29) is 0 Å². The molecule has 0 bridgehead atoms. The molecule has 0 saturated carbocycles. The Labute approximate surface area is 134 Å². The predicted molar refractivity (Wildman–Crippen MR) is 88.4 cm³/mol. The molecule has 0 radical (unpaired) electrons. The van der Waals surface area contributed by atoms with Gasteiger partial charge in [0.15, 0.2) is 5.76 Å². The van der Waals surface area contributed by atoms with Crippen LogP contribution in [0.4, 0.5) is 5.69 Å². The lowest BCUT2D eigenvalue weighted by molar-refractivity contribution is -0.120. The van der Waals surface area contributed by atoms with Crippen molar-refractivity contribution in [3.8, 4) is 28.5 Å². The van der Waals surface area contributed by atoms with Crippen LogP contribution in [0.2, 0.25) is 0 Å². The lowest BCUT2D eigenvalue weighted by Gasteiger charge is -2.11. The summed E-state index contributed by atoms with van der Waals surface area (Å²) in [7, 11) is 4.00. The summed E-state index contributed by atoms with van der Waals surface area (Å²) in [6.07, 6.45) is 1.70. The topological polar surface area (TPSA) is 55.6 Å². The number of ether oxygens (including phenoxy) is 1. The van der Waals surface area contributed by atoms with Gasteiger partial charge in [-0.3, -0.25) is 4.79 Å². The van der Waals surface area contributed by atoms with Gasteiger partial charge in [0, 0.05) is 30.9 Å². The van der Waals surface area contributed by atoms with Gasteiger partial charge in [-0.25, -0.2) is 4.98 Å². The molecule has 116 valence electrons. The van der Waals surface area contributed by atoms with Gasteiger partial charge in [-0.05, 0) is 48.5 Å². The van der Waals surface area contributed by atoms with E-state index >= 15 is 0 Å². The minimum atomic E-state index is 0.398. The Kier molecular flexibility index (Phi) is 4.10. The highest BCUT2D eigenvalue weighted by molar-refractivity contribution is 5.64. The number of anilines is 1. The number of hydrogen-bond donors (Lipinski definition) is 0. The van der Waals surface area contributed by atoms with Gasteiger partial charge in [0.05, 0.1) is 6.20 Å². The minimum Gasteiger partial charge on any atom is -0.436 e. The average Bonchev–Trinajstić information content (AvgIpc) is 3.06. The van der Waals surface area contributed by atoms with Crippen LogP contribution in [0, 0.1) is 0 Å². The minimum absolute atomic E-state index is 0.398. The Hall–Kier alpha value is -3.08. The monoisotopic (exact) mass is 308 g/mol. The molecule has 1 heterocycles. The molecule has 0 aliphatic rings. The molecule has 0 spiro atoms. The number of oxazole rings is 1. The van der Waals surface area contributed by atoms with Gasteiger partial charge < -0.3 is 14.1 Å². The third-order valence-corrected chi connectivity index (χ3v) is 3.46. The second kappa shape index (κ2) is 6.36. The highest BCUT2D eigenvalue weighted by atomic mass is 16.5. The molecular formula is C18H16N2O3. The van der Waals surface area contributed by atoms with Crippen LogP contribution in [0.3, 0.4) is 0 Å². The fourth-order valence-electron chi connectivity index (χ4n) is 2.20. The number of carbonyl (C=O) groups excluding carboxylic acids is 1. The van der Waals surface area contributed by atoms with E-state index in [1.165, 1.54) is 0 Å². The largest absolute Gasteiger partial charge is 0.436 e. The van der Waals surface area contributed by atoms with Gasteiger partial charge in [0.25, 0.3) is 6.47 Å². The number of nitrogens with zero attached hydrogens (tertiary/aromatic N) is 2. The van der Waals surface area contributed by atoms with Crippen molar-refractivity contribution in [2.45, 2.75) is 0 Å². The van der Waals surface area contributed by atoms with E-state index in [2.05, 4.69) is 4.98 Å². The lowest BCUT2D eigenvalue weighted by Crippen LogP contribution is -2.07. The van der Waals surface area contributed by atoms with Gasteiger partial charge in [0.1, 0.15) is 5.75 Å². The van der Waals surface area contributed by atoms with Gasteiger partial charge in [-0.1, -0.05) is 0 Å². The Bertz CT molecular complexity index is 790. The maximum Gasteiger partial charge on any atom is 0.298 e. The normalized spacial score (nSPS) is 10.3. The summed E-state index contributed by atoms with van der Waals surface area (Å²) in [6.45, 7) is 0.398. The maximum atomic E-state index is 10.3. The Morgan fingerprint density at radius 3 is 2.26 bits per heavy atom. The molecule has 5 heteroatoms. The molecular weight excluding hydrogens is 292 g/mol. The second-order valence-corrected chi connectivity index (χ2v) is 5.21. The molecule has 0 aliphatic carbocycles. The molecule has 0 unspecified atom stereocenters. The summed E-state index contributed by atoms with van der Waals surface area (Å²) in [6, 6.07) is 15.0. The van der Waals surface area contributed by atoms with Gasteiger partial charge >= 0.3 is 0 Å². The van der Waals surface area contributed by atoms with Crippen molar-refractivity contribution in [2.75, 3.05) is 19.0 Å². The first-order valence-corrected chi connectivity index (χ1v) is 7.12. The van der Waals surface area contributed by atoms with Crippen molar-refractivity contribution < 1.29 is 13.9 Å². The van der Waals surface area contributed by atoms with E-state index in [0.29, 0.717) is 23.9 Å². The highest BCUT2D eigenvalue weighted by Crippen LogP contribution is 2.28. The van der Waals surface area contributed by atoms with Crippen LogP contribution in [0.5, 0.6) is 5.75 Å². The Morgan fingerprint density at radius 2 is 1.65 bits per heavy atom. The summed E-state index contributed by atoms with van der Waals surface area (Å²) in [5, 5.41) is 0. The van der Waals surface area contributed by atoms with E-state index in [1.807, 2.05) is 43.3 Å². The molecule has 3 aromatic rings.